The minimum Gasteiger partial charge on any atom is -0.479 e. The van der Waals surface area contributed by atoms with Crippen LogP contribution in [0.25, 0.3) is 17.1 Å². The molecule has 3 rings (SSSR count). The Morgan fingerprint density at radius 3 is 2.78 bits per heavy atom. The van der Waals surface area contributed by atoms with Crippen molar-refractivity contribution < 1.29 is 19.0 Å². The minimum absolute atomic E-state index is 0.102. The van der Waals surface area contributed by atoms with Crippen molar-refractivity contribution in [3.63, 3.8) is 0 Å². The van der Waals surface area contributed by atoms with Gasteiger partial charge in [0.25, 0.3) is 0 Å². The summed E-state index contributed by atoms with van der Waals surface area (Å²) >= 11 is 0. The summed E-state index contributed by atoms with van der Waals surface area (Å²) in [6, 6.07) is 9.62. The Kier molecular flexibility index (Phi) is 3.96. The summed E-state index contributed by atoms with van der Waals surface area (Å²) in [4.78, 5) is 18.3. The number of rotatable bonds is 5. The molecule has 0 unspecified atom stereocenters. The number of ether oxygens (including phenoxy) is 1. The van der Waals surface area contributed by atoms with Crippen LogP contribution in [0.4, 0.5) is 4.39 Å². The van der Waals surface area contributed by atoms with Crippen LogP contribution in [0, 0.1) is 5.95 Å². The molecule has 116 valence electrons. The molecule has 0 amide bonds. The molecule has 0 saturated carbocycles. The maximum absolute atomic E-state index is 13.4. The topological polar surface area (TPSA) is 90.1 Å². The average Bonchev–Trinajstić information content (AvgIpc) is 2.98. The van der Waals surface area contributed by atoms with Gasteiger partial charge in [0.1, 0.15) is 0 Å². The van der Waals surface area contributed by atoms with Gasteiger partial charge in [0.15, 0.2) is 12.4 Å². The summed E-state index contributed by atoms with van der Waals surface area (Å²) in [5.41, 5.74) is 1.02. The molecule has 0 radical (unpaired) electrons. The van der Waals surface area contributed by atoms with E-state index in [0.29, 0.717) is 17.1 Å². The molecule has 0 aliphatic rings. The Hall–Kier alpha value is -3.29. The Balaban J connectivity index is 2.07. The van der Waals surface area contributed by atoms with E-state index < -0.39 is 18.5 Å². The lowest BCUT2D eigenvalue weighted by Gasteiger charge is -2.05. The number of carbonyl (C=O) groups is 1. The average molecular weight is 314 g/mol. The molecule has 0 fully saturated rings. The van der Waals surface area contributed by atoms with Crippen LogP contribution in [0.2, 0.25) is 0 Å². The predicted octanol–water partition coefficient (Wildman–Crippen LogP) is 1.93. The van der Waals surface area contributed by atoms with Crippen LogP contribution in [0.1, 0.15) is 0 Å². The molecular formula is C15H11FN4O3. The third-order valence-corrected chi connectivity index (χ3v) is 2.92. The van der Waals surface area contributed by atoms with Gasteiger partial charge in [-0.1, -0.05) is 6.07 Å². The molecule has 0 aliphatic carbocycles. The molecule has 0 aliphatic heterocycles. The second-order valence-corrected chi connectivity index (χ2v) is 4.52. The molecule has 3 aromatic rings. The van der Waals surface area contributed by atoms with Gasteiger partial charge < -0.3 is 9.84 Å². The Morgan fingerprint density at radius 1 is 1.22 bits per heavy atom. The van der Waals surface area contributed by atoms with E-state index >= 15 is 0 Å². The van der Waals surface area contributed by atoms with Crippen LogP contribution in [-0.4, -0.2) is 37.4 Å². The first-order valence-electron chi connectivity index (χ1n) is 6.61. The molecule has 0 atom stereocenters. The summed E-state index contributed by atoms with van der Waals surface area (Å²) in [6.45, 7) is -0.524. The highest BCUT2D eigenvalue weighted by Crippen LogP contribution is 2.26. The number of pyridine rings is 2. The predicted molar refractivity (Wildman–Crippen MR) is 77.7 cm³/mol. The first-order chi connectivity index (χ1) is 11.1. The van der Waals surface area contributed by atoms with Gasteiger partial charge in [0.2, 0.25) is 11.8 Å². The fourth-order valence-electron chi connectivity index (χ4n) is 1.99. The van der Waals surface area contributed by atoms with E-state index in [4.69, 9.17) is 9.84 Å². The smallest absolute Gasteiger partial charge is 0.341 e. The summed E-state index contributed by atoms with van der Waals surface area (Å²) in [6.07, 6.45) is 2.92. The first kappa shape index (κ1) is 14.6. The fourth-order valence-corrected chi connectivity index (χ4v) is 1.99. The Labute approximate surface area is 130 Å². The highest BCUT2D eigenvalue weighted by atomic mass is 19.1. The van der Waals surface area contributed by atoms with Crippen LogP contribution >= 0.6 is 0 Å². The molecule has 0 saturated heterocycles. The van der Waals surface area contributed by atoms with Crippen LogP contribution in [-0.2, 0) is 4.79 Å². The fraction of sp³-hybridized carbons (Fsp3) is 0.0667. The second kappa shape index (κ2) is 6.22. The van der Waals surface area contributed by atoms with Crippen molar-refractivity contribution in [1.82, 2.24) is 19.7 Å². The maximum Gasteiger partial charge on any atom is 0.341 e. The van der Waals surface area contributed by atoms with E-state index in [0.717, 1.165) is 0 Å². The molecule has 3 heterocycles. The molecular weight excluding hydrogens is 303 g/mol. The number of hydrogen-bond acceptors (Lipinski definition) is 5. The van der Waals surface area contributed by atoms with Gasteiger partial charge in [0.05, 0.1) is 5.69 Å². The van der Waals surface area contributed by atoms with E-state index in [1.165, 1.54) is 23.0 Å². The van der Waals surface area contributed by atoms with Crippen LogP contribution < -0.4 is 4.74 Å². The molecule has 0 bridgehead atoms. The number of nitrogens with zero attached hydrogens (tertiary/aromatic N) is 4. The van der Waals surface area contributed by atoms with Gasteiger partial charge in [0, 0.05) is 30.1 Å². The van der Waals surface area contributed by atoms with Gasteiger partial charge in [-0.05, 0) is 18.2 Å². The van der Waals surface area contributed by atoms with E-state index in [1.54, 1.807) is 30.5 Å². The highest BCUT2D eigenvalue weighted by Gasteiger charge is 2.15. The molecule has 0 aromatic carbocycles. The summed E-state index contributed by atoms with van der Waals surface area (Å²) in [5.74, 6) is -1.16. The third kappa shape index (κ3) is 3.31. The number of aromatic nitrogens is 4. The van der Waals surface area contributed by atoms with Gasteiger partial charge in [-0.3, -0.25) is 0 Å². The molecule has 8 heteroatoms. The molecule has 1 N–H and O–H groups in total. The number of hydrogen-bond donors (Lipinski definition) is 1. The molecule has 0 spiro atoms. The lowest BCUT2D eigenvalue weighted by Crippen LogP contribution is -2.10. The second-order valence-electron chi connectivity index (χ2n) is 4.52. The SMILES string of the molecule is O=C(O)COc1cc(-c2ccnc(F)c2)n(-c2ccccn2)n1. The quantitative estimate of drug-likeness (QED) is 0.724. The summed E-state index contributed by atoms with van der Waals surface area (Å²) < 4.78 is 19.9. The third-order valence-electron chi connectivity index (χ3n) is 2.92. The zero-order chi connectivity index (χ0) is 16.2. The van der Waals surface area contributed by atoms with E-state index in [9.17, 15) is 9.18 Å². The van der Waals surface area contributed by atoms with E-state index in [2.05, 4.69) is 15.1 Å². The normalized spacial score (nSPS) is 10.5. The van der Waals surface area contributed by atoms with Crippen molar-refractivity contribution in [2.24, 2.45) is 0 Å². The number of carboxylic acids is 1. The zero-order valence-corrected chi connectivity index (χ0v) is 11.8. The summed E-state index contributed by atoms with van der Waals surface area (Å²) in [7, 11) is 0. The van der Waals surface area contributed by atoms with Crippen molar-refractivity contribution in [3.8, 4) is 23.0 Å². The van der Waals surface area contributed by atoms with E-state index in [-0.39, 0.29) is 5.88 Å². The zero-order valence-electron chi connectivity index (χ0n) is 11.8. The lowest BCUT2D eigenvalue weighted by atomic mass is 10.2. The van der Waals surface area contributed by atoms with Gasteiger partial charge in [-0.15, -0.1) is 5.10 Å². The minimum atomic E-state index is -1.12. The maximum atomic E-state index is 13.4. The number of aliphatic carboxylic acids is 1. The molecule has 23 heavy (non-hydrogen) atoms. The Bertz CT molecular complexity index is 836. The van der Waals surface area contributed by atoms with Crippen molar-refractivity contribution in [2.75, 3.05) is 6.61 Å². The van der Waals surface area contributed by atoms with Gasteiger partial charge in [-0.25, -0.2) is 19.4 Å². The highest BCUT2D eigenvalue weighted by molar-refractivity contribution is 5.68. The van der Waals surface area contributed by atoms with Gasteiger partial charge in [-0.2, -0.15) is 4.39 Å². The molecule has 3 aromatic heterocycles. The number of halogens is 1. The van der Waals surface area contributed by atoms with Crippen LogP contribution in [0.15, 0.2) is 48.8 Å². The first-order valence-corrected chi connectivity index (χ1v) is 6.61. The van der Waals surface area contributed by atoms with E-state index in [1.807, 2.05) is 0 Å². The van der Waals surface area contributed by atoms with Crippen LogP contribution in [0.3, 0.4) is 0 Å². The number of carboxylic acid groups (broad SMARTS) is 1. The largest absolute Gasteiger partial charge is 0.479 e. The standard InChI is InChI=1S/C15H11FN4O3/c16-12-7-10(4-6-17-12)11-8-14(23-9-15(21)22)19-20(11)13-3-1-2-5-18-13/h1-8H,9H2,(H,21,22). The van der Waals surface area contributed by atoms with Crippen molar-refractivity contribution in [1.29, 1.82) is 0 Å². The van der Waals surface area contributed by atoms with Gasteiger partial charge >= 0.3 is 5.97 Å². The molecule has 7 nitrogen and oxygen atoms in total. The van der Waals surface area contributed by atoms with Crippen LogP contribution in [0.5, 0.6) is 5.88 Å². The van der Waals surface area contributed by atoms with Crippen molar-refractivity contribution >= 4 is 5.97 Å². The summed E-state index contributed by atoms with van der Waals surface area (Å²) in [5, 5.41) is 12.9. The van der Waals surface area contributed by atoms with Crippen molar-refractivity contribution in [2.45, 2.75) is 0 Å². The lowest BCUT2D eigenvalue weighted by molar-refractivity contribution is -0.139. The monoisotopic (exact) mass is 314 g/mol. The Morgan fingerprint density at radius 2 is 2.09 bits per heavy atom. The van der Waals surface area contributed by atoms with Crippen molar-refractivity contribution in [3.05, 3.63) is 54.7 Å².